The number of carbonyl (C=O) groups excluding carboxylic acids is 1. The maximum Gasteiger partial charge on any atom is 0.310 e. The van der Waals surface area contributed by atoms with Crippen LogP contribution >= 0.6 is 0 Å². The van der Waals surface area contributed by atoms with E-state index in [1.54, 1.807) is 0 Å². The van der Waals surface area contributed by atoms with Crippen molar-refractivity contribution >= 4 is 5.97 Å². The van der Waals surface area contributed by atoms with Crippen molar-refractivity contribution in [3.05, 3.63) is 64.2 Å². The molecule has 36 heavy (non-hydrogen) atoms. The molecule has 0 aliphatic carbocycles. The first-order valence-electron chi connectivity index (χ1n) is 13.2. The van der Waals surface area contributed by atoms with Crippen molar-refractivity contribution in [2.45, 2.75) is 104 Å². The van der Waals surface area contributed by atoms with E-state index >= 15 is 0 Å². The molecule has 2 aromatic rings. The fraction of sp³-hybridized carbons (Fsp3) is 0.581. The van der Waals surface area contributed by atoms with Gasteiger partial charge in [0.15, 0.2) is 5.79 Å². The highest BCUT2D eigenvalue weighted by molar-refractivity contribution is 5.73. The van der Waals surface area contributed by atoms with Crippen LogP contribution in [0.25, 0.3) is 0 Å². The van der Waals surface area contributed by atoms with Gasteiger partial charge < -0.3 is 18.9 Å². The third kappa shape index (κ3) is 6.68. The lowest BCUT2D eigenvalue weighted by molar-refractivity contribution is -0.153. The van der Waals surface area contributed by atoms with E-state index in [9.17, 15) is 4.79 Å². The van der Waals surface area contributed by atoms with E-state index in [4.69, 9.17) is 18.9 Å². The minimum Gasteiger partial charge on any atom is -0.491 e. The molecule has 1 aliphatic heterocycles. The number of hydrogen-bond donors (Lipinski definition) is 0. The molecule has 0 radical (unpaired) electrons. The smallest absolute Gasteiger partial charge is 0.310 e. The summed E-state index contributed by atoms with van der Waals surface area (Å²) in [5.41, 5.74) is 5.18. The van der Waals surface area contributed by atoms with Gasteiger partial charge >= 0.3 is 5.97 Å². The normalized spacial score (nSPS) is 17.8. The second-order valence-electron chi connectivity index (χ2n) is 11.4. The predicted octanol–water partition coefficient (Wildman–Crippen LogP) is 6.82. The summed E-state index contributed by atoms with van der Waals surface area (Å²) >= 11 is 0. The summed E-state index contributed by atoms with van der Waals surface area (Å²) in [4.78, 5) is 12.4. The first-order valence-corrected chi connectivity index (χ1v) is 13.2. The average molecular weight is 497 g/mol. The monoisotopic (exact) mass is 496 g/mol. The van der Waals surface area contributed by atoms with Crippen LogP contribution < -0.4 is 4.74 Å². The Morgan fingerprint density at radius 1 is 1.00 bits per heavy atom. The largest absolute Gasteiger partial charge is 0.491 e. The summed E-state index contributed by atoms with van der Waals surface area (Å²) in [5.74, 6) is 0.132. The van der Waals surface area contributed by atoms with E-state index in [2.05, 4.69) is 64.1 Å². The molecular formula is C31H44O5. The number of hydrogen-bond acceptors (Lipinski definition) is 5. The van der Waals surface area contributed by atoms with Crippen molar-refractivity contribution in [1.29, 1.82) is 0 Å². The third-order valence-electron chi connectivity index (χ3n) is 7.08. The van der Waals surface area contributed by atoms with E-state index in [1.807, 2.05) is 34.6 Å². The van der Waals surface area contributed by atoms with Gasteiger partial charge in [-0.25, -0.2) is 0 Å². The molecule has 198 valence electrons. The van der Waals surface area contributed by atoms with Crippen LogP contribution in [0.15, 0.2) is 36.4 Å². The molecular weight excluding hydrogens is 452 g/mol. The number of benzene rings is 2. The van der Waals surface area contributed by atoms with Crippen molar-refractivity contribution in [2.75, 3.05) is 13.2 Å². The van der Waals surface area contributed by atoms with Crippen LogP contribution in [-0.2, 0) is 30.8 Å². The second kappa shape index (κ2) is 10.9. The molecule has 0 aromatic heterocycles. The maximum atomic E-state index is 12.4. The van der Waals surface area contributed by atoms with Gasteiger partial charge in [-0.05, 0) is 95.2 Å². The van der Waals surface area contributed by atoms with Gasteiger partial charge in [0.2, 0.25) is 0 Å². The summed E-state index contributed by atoms with van der Waals surface area (Å²) in [7, 11) is 0. The van der Waals surface area contributed by atoms with E-state index in [-0.39, 0.29) is 23.9 Å². The first-order chi connectivity index (χ1) is 16.8. The lowest BCUT2D eigenvalue weighted by Crippen LogP contribution is -2.27. The van der Waals surface area contributed by atoms with Gasteiger partial charge in [-0.1, -0.05) is 44.2 Å². The van der Waals surface area contributed by atoms with Crippen molar-refractivity contribution in [3.63, 3.8) is 0 Å². The quantitative estimate of drug-likeness (QED) is 0.356. The molecule has 3 rings (SSSR count). The number of ether oxygens (including phenoxy) is 4. The molecule has 1 atom stereocenters. The Morgan fingerprint density at radius 3 is 2.11 bits per heavy atom. The Bertz CT molecular complexity index is 1060. The highest BCUT2D eigenvalue weighted by Gasteiger charge is 2.34. The number of aryl methyl sites for hydroxylation is 2. The van der Waals surface area contributed by atoms with E-state index in [0.29, 0.717) is 13.2 Å². The Hall–Kier alpha value is -2.37. The fourth-order valence-electron chi connectivity index (χ4n) is 5.10. The topological polar surface area (TPSA) is 54.0 Å². The van der Waals surface area contributed by atoms with Crippen molar-refractivity contribution in [2.24, 2.45) is 0 Å². The molecule has 1 saturated heterocycles. The van der Waals surface area contributed by atoms with E-state index in [0.717, 1.165) is 35.3 Å². The van der Waals surface area contributed by atoms with Gasteiger partial charge in [-0.3, -0.25) is 4.79 Å². The summed E-state index contributed by atoms with van der Waals surface area (Å²) in [6.07, 6.45) is 2.16. The number of carbonyl (C=O) groups is 1. The van der Waals surface area contributed by atoms with Crippen molar-refractivity contribution in [3.8, 4) is 5.75 Å². The van der Waals surface area contributed by atoms with Crippen LogP contribution in [-0.4, -0.2) is 36.7 Å². The minimum absolute atomic E-state index is 0.0633. The molecule has 5 nitrogen and oxygen atoms in total. The van der Waals surface area contributed by atoms with Crippen molar-refractivity contribution < 1.29 is 23.7 Å². The lowest BCUT2D eigenvalue weighted by Gasteiger charge is -2.34. The summed E-state index contributed by atoms with van der Waals surface area (Å²) < 4.78 is 23.2. The van der Waals surface area contributed by atoms with Crippen LogP contribution in [0, 0.1) is 13.8 Å². The molecule has 1 heterocycles. The van der Waals surface area contributed by atoms with E-state index in [1.165, 1.54) is 11.1 Å². The zero-order valence-electron chi connectivity index (χ0n) is 23.6. The Kier molecular flexibility index (Phi) is 8.57. The van der Waals surface area contributed by atoms with Gasteiger partial charge in [-0.2, -0.15) is 0 Å². The Labute approximate surface area is 217 Å². The molecule has 2 aromatic carbocycles. The molecule has 0 amide bonds. The summed E-state index contributed by atoms with van der Waals surface area (Å²) in [6.45, 7) is 19.2. The Balaban J connectivity index is 1.80. The van der Waals surface area contributed by atoms with Gasteiger partial charge in [0.05, 0.1) is 13.0 Å². The zero-order valence-corrected chi connectivity index (χ0v) is 23.6. The van der Waals surface area contributed by atoms with Gasteiger partial charge in [0.25, 0.3) is 0 Å². The van der Waals surface area contributed by atoms with E-state index < -0.39 is 11.4 Å². The molecule has 0 saturated carbocycles. The SMILES string of the molecule is CCC(CC)(c1ccc(CC(=O)OC(C)(C)C)c(C)c1)c1ccc(OC[C@@H]2COC(C)(C)O2)c(C)c1. The minimum atomic E-state index is -0.546. The molecule has 5 heteroatoms. The summed E-state index contributed by atoms with van der Waals surface area (Å²) in [6, 6.07) is 13.0. The zero-order chi connectivity index (χ0) is 26.7. The second-order valence-corrected chi connectivity index (χ2v) is 11.4. The van der Waals surface area contributed by atoms with Gasteiger partial charge in [0, 0.05) is 5.41 Å². The van der Waals surface area contributed by atoms with Crippen LogP contribution in [0.2, 0.25) is 0 Å². The first kappa shape index (κ1) is 28.2. The van der Waals surface area contributed by atoms with Crippen LogP contribution in [0.4, 0.5) is 0 Å². The molecule has 0 N–H and O–H groups in total. The van der Waals surface area contributed by atoms with Crippen LogP contribution in [0.5, 0.6) is 5.75 Å². The van der Waals surface area contributed by atoms with Gasteiger partial charge in [0.1, 0.15) is 24.1 Å². The molecule has 1 aliphatic rings. The van der Waals surface area contributed by atoms with Gasteiger partial charge in [-0.15, -0.1) is 0 Å². The molecule has 0 spiro atoms. The standard InChI is InChI=1S/C31H44O5/c1-10-31(11-2,24-13-12-23(21(3)16-24)18-28(32)36-29(5,6)7)25-14-15-27(22(4)17-25)33-19-26-20-34-30(8,9)35-26/h12-17,26H,10-11,18-20H2,1-9H3/t26-/m1/s1. The molecule has 1 fully saturated rings. The van der Waals surface area contributed by atoms with Crippen molar-refractivity contribution in [1.82, 2.24) is 0 Å². The molecule has 0 unspecified atom stereocenters. The fourth-order valence-corrected chi connectivity index (χ4v) is 5.10. The Morgan fingerprint density at radius 2 is 1.61 bits per heavy atom. The highest BCUT2D eigenvalue weighted by atomic mass is 16.7. The van der Waals surface area contributed by atoms with Crippen LogP contribution in [0.1, 0.15) is 89.1 Å². The molecule has 0 bridgehead atoms. The number of rotatable bonds is 9. The predicted molar refractivity (Wildman–Crippen MR) is 144 cm³/mol. The summed E-state index contributed by atoms with van der Waals surface area (Å²) in [5, 5.41) is 0. The average Bonchev–Trinajstić information content (AvgIpc) is 3.13. The maximum absolute atomic E-state index is 12.4. The lowest BCUT2D eigenvalue weighted by atomic mass is 9.70. The number of esters is 1. The third-order valence-corrected chi connectivity index (χ3v) is 7.08. The highest BCUT2D eigenvalue weighted by Crippen LogP contribution is 2.41. The van der Waals surface area contributed by atoms with Crippen LogP contribution in [0.3, 0.4) is 0 Å².